The lowest BCUT2D eigenvalue weighted by Gasteiger charge is -2.37. The predicted molar refractivity (Wildman–Crippen MR) is 199 cm³/mol. The van der Waals surface area contributed by atoms with Gasteiger partial charge in [0, 0.05) is 87.3 Å². The Hall–Kier alpha value is -3.49. The van der Waals surface area contributed by atoms with Crippen molar-refractivity contribution in [2.24, 2.45) is 5.92 Å². The van der Waals surface area contributed by atoms with Gasteiger partial charge in [0.15, 0.2) is 0 Å². The van der Waals surface area contributed by atoms with Gasteiger partial charge in [-0.15, -0.1) is 11.3 Å². The highest BCUT2D eigenvalue weighted by Gasteiger charge is 2.35. The number of fused-ring (bicyclic) bond motifs is 2. The van der Waals surface area contributed by atoms with E-state index in [9.17, 15) is 26.9 Å². The molecule has 0 radical (unpaired) electrons. The Labute approximate surface area is 306 Å². The molecule has 3 aromatic heterocycles. The van der Waals surface area contributed by atoms with E-state index in [1.54, 1.807) is 17.4 Å². The Morgan fingerprint density at radius 3 is 2.42 bits per heavy atom. The first-order valence-corrected chi connectivity index (χ1v) is 20.5. The number of nitrogens with zero attached hydrogens (tertiary/aromatic N) is 7. The molecule has 1 aliphatic carbocycles. The fourth-order valence-corrected chi connectivity index (χ4v) is 10.5. The summed E-state index contributed by atoms with van der Waals surface area (Å²) < 4.78 is 68.6. The van der Waals surface area contributed by atoms with Crippen LogP contribution in [0.3, 0.4) is 0 Å². The van der Waals surface area contributed by atoms with Crippen molar-refractivity contribution in [1.29, 1.82) is 5.26 Å². The Balaban J connectivity index is 0.974. The van der Waals surface area contributed by atoms with Crippen LogP contribution in [0.4, 0.5) is 24.9 Å². The van der Waals surface area contributed by atoms with Gasteiger partial charge in [-0.25, -0.2) is 13.4 Å². The summed E-state index contributed by atoms with van der Waals surface area (Å²) in [4.78, 5) is 14.4. The number of nitriles is 1. The van der Waals surface area contributed by atoms with Gasteiger partial charge in [-0.1, -0.05) is 6.07 Å². The van der Waals surface area contributed by atoms with E-state index in [0.717, 1.165) is 73.1 Å². The minimum Gasteiger partial charge on any atom is -0.367 e. The third kappa shape index (κ3) is 8.18. The minimum atomic E-state index is -4.29. The summed E-state index contributed by atoms with van der Waals surface area (Å²) in [5.41, 5.74) is 4.02. The van der Waals surface area contributed by atoms with E-state index in [1.807, 2.05) is 6.07 Å². The number of piperidine rings is 1. The van der Waals surface area contributed by atoms with Crippen LogP contribution in [0, 0.1) is 24.2 Å². The normalized spacial score (nSPS) is 19.3. The number of alkyl halides is 3. The van der Waals surface area contributed by atoms with Crippen molar-refractivity contribution in [2.45, 2.75) is 77.3 Å². The zero-order valence-electron chi connectivity index (χ0n) is 29.8. The number of thiophene rings is 1. The maximum atomic E-state index is 13.1. The van der Waals surface area contributed by atoms with E-state index in [-0.39, 0.29) is 22.7 Å². The van der Waals surface area contributed by atoms with Crippen LogP contribution in [0.25, 0.3) is 21.1 Å². The highest BCUT2D eigenvalue weighted by atomic mass is 32.2. The van der Waals surface area contributed by atoms with Crippen molar-refractivity contribution in [3.63, 3.8) is 0 Å². The highest BCUT2D eigenvalue weighted by Crippen LogP contribution is 2.35. The molecule has 16 heteroatoms. The van der Waals surface area contributed by atoms with Crippen molar-refractivity contribution in [3.8, 4) is 6.07 Å². The van der Waals surface area contributed by atoms with Gasteiger partial charge >= 0.3 is 6.18 Å². The Kier molecular flexibility index (Phi) is 10.4. The smallest absolute Gasteiger partial charge is 0.367 e. The lowest BCUT2D eigenvalue weighted by Crippen LogP contribution is -2.52. The predicted octanol–water partition coefficient (Wildman–Crippen LogP) is 5.80. The largest absolute Gasteiger partial charge is 0.393 e. The second-order valence-corrected chi connectivity index (χ2v) is 17.7. The van der Waals surface area contributed by atoms with Crippen molar-refractivity contribution in [1.82, 2.24) is 28.6 Å². The number of nitrogens with one attached hydrogen (secondary N) is 2. The molecule has 0 amide bonds. The summed E-state index contributed by atoms with van der Waals surface area (Å²) in [5, 5.41) is 18.2. The average molecular weight is 758 g/mol. The number of piperazine rings is 1. The van der Waals surface area contributed by atoms with Crippen LogP contribution in [-0.4, -0.2) is 107 Å². The molecule has 7 rings (SSSR count). The summed E-state index contributed by atoms with van der Waals surface area (Å²) in [6.07, 6.45) is -1.52. The molecule has 280 valence electrons. The zero-order chi connectivity index (χ0) is 36.8. The topological polar surface area (TPSA) is 122 Å². The van der Waals surface area contributed by atoms with Crippen molar-refractivity contribution in [2.75, 3.05) is 62.7 Å². The van der Waals surface area contributed by atoms with Crippen LogP contribution in [0.2, 0.25) is 0 Å². The standard InChI is InChI=1S/C36H46F3N9O2S2/c1-23(46-12-14-47(15-13-46)52(49,50)22-25-4-5-25)20-48-28(19-40)16-30-24(2)26(6-7-32(30)48)21-45-10-8-27(9-11-45)42-33-31-17-29(18-36(37,38)39)51-34(31)44-35(41-3)43-33/h6-7,16-17,23,25,27H,4-5,8-15,18,20-22H2,1-3H3,(H2,41,42,43,44)/t23-/m0/s1. The van der Waals surface area contributed by atoms with Crippen LogP contribution in [0.15, 0.2) is 24.3 Å². The molecule has 11 nitrogen and oxygen atoms in total. The Morgan fingerprint density at radius 1 is 1.04 bits per heavy atom. The first-order valence-electron chi connectivity index (χ1n) is 18.1. The highest BCUT2D eigenvalue weighted by molar-refractivity contribution is 7.89. The molecule has 0 spiro atoms. The number of aromatic nitrogens is 3. The van der Waals surface area contributed by atoms with E-state index < -0.39 is 22.6 Å². The fraction of sp³-hybridized carbons (Fsp3) is 0.583. The van der Waals surface area contributed by atoms with Gasteiger partial charge in [-0.2, -0.15) is 27.7 Å². The van der Waals surface area contributed by atoms with Gasteiger partial charge < -0.3 is 15.2 Å². The number of halogens is 3. The Morgan fingerprint density at radius 2 is 1.77 bits per heavy atom. The molecule has 2 N–H and O–H groups in total. The third-order valence-electron chi connectivity index (χ3n) is 10.8. The van der Waals surface area contributed by atoms with E-state index in [4.69, 9.17) is 0 Å². The quantitative estimate of drug-likeness (QED) is 0.185. The lowest BCUT2D eigenvalue weighted by atomic mass is 10.0. The van der Waals surface area contributed by atoms with E-state index in [1.165, 1.54) is 5.56 Å². The number of sulfonamides is 1. The Bertz CT molecular complexity index is 2070. The number of rotatable bonds is 12. The van der Waals surface area contributed by atoms with E-state index in [2.05, 4.69) is 67.0 Å². The molecule has 0 bridgehead atoms. The second-order valence-electron chi connectivity index (χ2n) is 14.6. The molecule has 1 atom stereocenters. The molecule has 3 aliphatic rings. The molecule has 4 aromatic rings. The van der Waals surface area contributed by atoms with Crippen LogP contribution >= 0.6 is 11.3 Å². The van der Waals surface area contributed by atoms with Crippen LogP contribution in [-0.2, 0) is 29.5 Å². The van der Waals surface area contributed by atoms with E-state index in [0.29, 0.717) is 66.3 Å². The van der Waals surface area contributed by atoms with Gasteiger partial charge in [0.2, 0.25) is 16.0 Å². The van der Waals surface area contributed by atoms with Gasteiger partial charge in [0.1, 0.15) is 22.4 Å². The van der Waals surface area contributed by atoms with Crippen LogP contribution < -0.4 is 10.6 Å². The monoisotopic (exact) mass is 757 g/mol. The summed E-state index contributed by atoms with van der Waals surface area (Å²) in [7, 11) is -1.50. The fourth-order valence-electron chi connectivity index (χ4n) is 7.62. The molecular weight excluding hydrogens is 712 g/mol. The number of likely N-dealkylation sites (tertiary alicyclic amines) is 1. The second kappa shape index (κ2) is 14.7. The molecule has 52 heavy (non-hydrogen) atoms. The van der Waals surface area contributed by atoms with Gasteiger partial charge in [0.05, 0.1) is 17.6 Å². The number of benzene rings is 1. The molecule has 0 unspecified atom stereocenters. The minimum absolute atomic E-state index is 0.123. The van der Waals surface area contributed by atoms with Crippen LogP contribution in [0.5, 0.6) is 0 Å². The van der Waals surface area contributed by atoms with Gasteiger partial charge in [0.25, 0.3) is 0 Å². The first kappa shape index (κ1) is 36.9. The van der Waals surface area contributed by atoms with Crippen molar-refractivity contribution >= 4 is 54.2 Å². The molecule has 1 saturated carbocycles. The SMILES string of the molecule is CNc1nc(NC2CCN(Cc3ccc4c(cc(C#N)n4C[C@H](C)N4CCN(S(=O)(=O)CC5CC5)CC4)c3C)CC2)c2cc(CC(F)(F)F)sc2n1. The first-order chi connectivity index (χ1) is 24.8. The number of hydrogen-bond acceptors (Lipinski definition) is 10. The average Bonchev–Trinajstić information content (AvgIpc) is 3.70. The maximum Gasteiger partial charge on any atom is 0.393 e. The number of aryl methyl sites for hydroxylation is 1. The molecule has 3 fully saturated rings. The summed E-state index contributed by atoms with van der Waals surface area (Å²) >= 11 is 1.05. The number of anilines is 2. The van der Waals surface area contributed by atoms with Crippen LogP contribution in [0.1, 0.15) is 54.3 Å². The van der Waals surface area contributed by atoms with Crippen molar-refractivity contribution in [3.05, 3.63) is 46.0 Å². The zero-order valence-corrected chi connectivity index (χ0v) is 31.5. The number of hydrogen-bond donors (Lipinski definition) is 2. The molecule has 2 saturated heterocycles. The van der Waals surface area contributed by atoms with Gasteiger partial charge in [-0.3, -0.25) is 9.80 Å². The maximum absolute atomic E-state index is 13.1. The summed E-state index contributed by atoms with van der Waals surface area (Å²) in [6, 6.07) is 10.5. The van der Waals surface area contributed by atoms with Gasteiger partial charge in [-0.05, 0) is 74.8 Å². The molecular formula is C36H46F3N9O2S2. The molecule has 5 heterocycles. The van der Waals surface area contributed by atoms with E-state index >= 15 is 0 Å². The molecule has 1 aromatic carbocycles. The summed E-state index contributed by atoms with van der Waals surface area (Å²) in [5.74, 6) is 1.55. The summed E-state index contributed by atoms with van der Waals surface area (Å²) in [6.45, 7) is 9.77. The lowest BCUT2D eigenvalue weighted by molar-refractivity contribution is -0.126. The third-order valence-corrected chi connectivity index (χ3v) is 13.9. The van der Waals surface area contributed by atoms with Crippen molar-refractivity contribution < 1.29 is 21.6 Å². The molecule has 2 aliphatic heterocycles.